The smallest absolute Gasteiger partial charge is 0.305 e. The Morgan fingerprint density at radius 2 is 1.58 bits per heavy atom. The van der Waals surface area contributed by atoms with Gasteiger partial charge in [0.1, 0.15) is 0 Å². The van der Waals surface area contributed by atoms with Crippen molar-refractivity contribution in [3.8, 4) is 0 Å². The number of allylic oxidation sites excluding steroid dienone is 1. The Kier molecular flexibility index (Phi) is 12.9. The molecular formula is C15H28O4. The summed E-state index contributed by atoms with van der Waals surface area (Å²) in [7, 11) is 4.74. The van der Waals surface area contributed by atoms with Crippen molar-refractivity contribution in [3.05, 3.63) is 12.2 Å². The van der Waals surface area contributed by atoms with Crippen LogP contribution in [0.5, 0.6) is 0 Å². The first-order valence-electron chi connectivity index (χ1n) is 7.02. The monoisotopic (exact) mass is 272 g/mol. The Hall–Kier alpha value is -0.870. The molecule has 19 heavy (non-hydrogen) atoms. The number of unbranched alkanes of at least 4 members (excludes halogenated alkanes) is 5. The number of methoxy groups -OCH3 is 3. The fourth-order valence-corrected chi connectivity index (χ4v) is 1.78. The molecule has 4 nitrogen and oxygen atoms in total. The van der Waals surface area contributed by atoms with Crippen LogP contribution in [0.25, 0.3) is 0 Å². The van der Waals surface area contributed by atoms with Gasteiger partial charge in [0.2, 0.25) is 0 Å². The van der Waals surface area contributed by atoms with E-state index in [-0.39, 0.29) is 12.3 Å². The Balaban J connectivity index is 3.26. The zero-order valence-corrected chi connectivity index (χ0v) is 12.5. The second-order valence-corrected chi connectivity index (χ2v) is 4.49. The summed E-state index contributed by atoms with van der Waals surface area (Å²) in [4.78, 5) is 10.9. The molecule has 0 aromatic rings. The van der Waals surface area contributed by atoms with Crippen molar-refractivity contribution < 1.29 is 19.0 Å². The summed E-state index contributed by atoms with van der Waals surface area (Å²) in [5.41, 5.74) is 0. The lowest BCUT2D eigenvalue weighted by Crippen LogP contribution is -2.10. The zero-order chi connectivity index (χ0) is 14.3. The topological polar surface area (TPSA) is 44.8 Å². The highest BCUT2D eigenvalue weighted by atomic mass is 16.7. The summed E-state index contributed by atoms with van der Waals surface area (Å²) >= 11 is 0. The molecular weight excluding hydrogens is 244 g/mol. The minimum Gasteiger partial charge on any atom is -0.469 e. The third-order valence-corrected chi connectivity index (χ3v) is 3.00. The van der Waals surface area contributed by atoms with Gasteiger partial charge in [0.05, 0.1) is 7.11 Å². The van der Waals surface area contributed by atoms with Crippen LogP contribution in [0.15, 0.2) is 12.2 Å². The summed E-state index contributed by atoms with van der Waals surface area (Å²) in [6, 6.07) is 0. The van der Waals surface area contributed by atoms with Crippen LogP contribution in [0.1, 0.15) is 51.4 Å². The van der Waals surface area contributed by atoms with E-state index in [0.29, 0.717) is 6.42 Å². The van der Waals surface area contributed by atoms with Crippen LogP contribution < -0.4 is 0 Å². The average Bonchev–Trinajstić information content (AvgIpc) is 2.44. The first-order valence-corrected chi connectivity index (χ1v) is 7.02. The number of hydrogen-bond donors (Lipinski definition) is 0. The summed E-state index contributed by atoms with van der Waals surface area (Å²) < 4.78 is 14.8. The minimum absolute atomic E-state index is 0.103. The van der Waals surface area contributed by atoms with Crippen molar-refractivity contribution in [2.75, 3.05) is 21.3 Å². The lowest BCUT2D eigenvalue weighted by Gasteiger charge is -2.09. The lowest BCUT2D eigenvalue weighted by atomic mass is 10.1. The molecule has 112 valence electrons. The van der Waals surface area contributed by atoms with E-state index in [1.807, 2.05) is 0 Å². The van der Waals surface area contributed by atoms with Gasteiger partial charge in [-0.05, 0) is 19.3 Å². The number of ether oxygens (including phenoxy) is 3. The Morgan fingerprint density at radius 3 is 2.21 bits per heavy atom. The number of hydrogen-bond acceptors (Lipinski definition) is 4. The number of esters is 1. The first kappa shape index (κ1) is 18.1. The molecule has 0 radical (unpaired) electrons. The Labute approximate surface area is 117 Å². The van der Waals surface area contributed by atoms with E-state index in [2.05, 4.69) is 16.9 Å². The molecule has 0 saturated carbocycles. The largest absolute Gasteiger partial charge is 0.469 e. The van der Waals surface area contributed by atoms with Crippen LogP contribution in [0.2, 0.25) is 0 Å². The SMILES string of the molecule is COC(=O)CCCCCCCC=CCC(OC)OC. The molecule has 0 spiro atoms. The summed E-state index contributed by atoms with van der Waals surface area (Å²) in [6.45, 7) is 0. The maximum atomic E-state index is 10.9. The van der Waals surface area contributed by atoms with E-state index < -0.39 is 0 Å². The molecule has 0 bridgehead atoms. The van der Waals surface area contributed by atoms with Gasteiger partial charge in [0.15, 0.2) is 6.29 Å². The maximum Gasteiger partial charge on any atom is 0.305 e. The second kappa shape index (κ2) is 13.6. The molecule has 4 heteroatoms. The molecule has 0 saturated heterocycles. The van der Waals surface area contributed by atoms with Gasteiger partial charge < -0.3 is 14.2 Å². The molecule has 0 aromatic carbocycles. The van der Waals surface area contributed by atoms with Crippen LogP contribution in [-0.2, 0) is 19.0 Å². The third-order valence-electron chi connectivity index (χ3n) is 3.00. The quantitative estimate of drug-likeness (QED) is 0.236. The van der Waals surface area contributed by atoms with Crippen molar-refractivity contribution in [1.29, 1.82) is 0 Å². The van der Waals surface area contributed by atoms with E-state index in [4.69, 9.17) is 9.47 Å². The van der Waals surface area contributed by atoms with Gasteiger partial charge in [-0.25, -0.2) is 0 Å². The maximum absolute atomic E-state index is 10.9. The van der Waals surface area contributed by atoms with Gasteiger partial charge >= 0.3 is 5.97 Å². The lowest BCUT2D eigenvalue weighted by molar-refractivity contribution is -0.140. The zero-order valence-electron chi connectivity index (χ0n) is 12.5. The van der Waals surface area contributed by atoms with Crippen LogP contribution in [0.3, 0.4) is 0 Å². The Bertz CT molecular complexity index is 234. The highest BCUT2D eigenvalue weighted by Gasteiger charge is 2.00. The van der Waals surface area contributed by atoms with Gasteiger partial charge in [0.25, 0.3) is 0 Å². The van der Waals surface area contributed by atoms with Crippen LogP contribution in [0, 0.1) is 0 Å². The van der Waals surface area contributed by atoms with E-state index in [1.54, 1.807) is 14.2 Å². The average molecular weight is 272 g/mol. The van der Waals surface area contributed by atoms with Gasteiger partial charge in [-0.1, -0.05) is 31.4 Å². The summed E-state index contributed by atoms with van der Waals surface area (Å²) in [5, 5.41) is 0. The molecule has 0 fully saturated rings. The van der Waals surface area contributed by atoms with Gasteiger partial charge in [-0.2, -0.15) is 0 Å². The molecule has 0 aliphatic rings. The molecule has 0 aliphatic heterocycles. The van der Waals surface area contributed by atoms with Crippen LogP contribution >= 0.6 is 0 Å². The first-order chi connectivity index (χ1) is 9.24. The van der Waals surface area contributed by atoms with E-state index in [1.165, 1.54) is 26.4 Å². The highest BCUT2D eigenvalue weighted by Crippen LogP contribution is 2.08. The standard InChI is InChI=1S/C15H28O4/c1-17-14(16)12-10-8-6-4-5-7-9-11-13-15(18-2)19-3/h9,11,15H,4-8,10,12-13H2,1-3H3. The van der Waals surface area contributed by atoms with Crippen LogP contribution in [-0.4, -0.2) is 33.6 Å². The number of rotatable bonds is 12. The predicted molar refractivity (Wildman–Crippen MR) is 75.9 cm³/mol. The molecule has 0 N–H and O–H groups in total. The normalized spacial score (nSPS) is 11.4. The van der Waals surface area contributed by atoms with Gasteiger partial charge in [-0.3, -0.25) is 4.79 Å². The molecule has 0 unspecified atom stereocenters. The number of carbonyl (C=O) groups excluding carboxylic acids is 1. The van der Waals surface area contributed by atoms with Gasteiger partial charge in [0, 0.05) is 27.1 Å². The second-order valence-electron chi connectivity index (χ2n) is 4.49. The van der Waals surface area contributed by atoms with Crippen molar-refractivity contribution in [2.45, 2.75) is 57.7 Å². The fourth-order valence-electron chi connectivity index (χ4n) is 1.78. The van der Waals surface area contributed by atoms with Crippen molar-refractivity contribution >= 4 is 5.97 Å². The highest BCUT2D eigenvalue weighted by molar-refractivity contribution is 5.68. The van der Waals surface area contributed by atoms with E-state index >= 15 is 0 Å². The minimum atomic E-state index is -0.130. The predicted octanol–water partition coefficient (Wildman–Crippen LogP) is 3.46. The molecule has 0 aromatic heterocycles. The van der Waals surface area contributed by atoms with E-state index in [9.17, 15) is 4.79 Å². The molecule has 0 rings (SSSR count). The molecule has 0 atom stereocenters. The third kappa shape index (κ3) is 11.9. The molecule has 0 aliphatic carbocycles. The fraction of sp³-hybridized carbons (Fsp3) is 0.800. The number of carbonyl (C=O) groups is 1. The molecule has 0 heterocycles. The molecule has 0 amide bonds. The van der Waals surface area contributed by atoms with Crippen molar-refractivity contribution in [1.82, 2.24) is 0 Å². The van der Waals surface area contributed by atoms with E-state index in [0.717, 1.165) is 25.7 Å². The Morgan fingerprint density at radius 1 is 0.947 bits per heavy atom. The van der Waals surface area contributed by atoms with Crippen molar-refractivity contribution in [3.63, 3.8) is 0 Å². The summed E-state index contributed by atoms with van der Waals surface area (Å²) in [5.74, 6) is -0.103. The van der Waals surface area contributed by atoms with Crippen molar-refractivity contribution in [2.24, 2.45) is 0 Å². The van der Waals surface area contributed by atoms with Crippen LogP contribution in [0.4, 0.5) is 0 Å². The van der Waals surface area contributed by atoms with Gasteiger partial charge in [-0.15, -0.1) is 0 Å². The summed E-state index contributed by atoms with van der Waals surface area (Å²) in [6.07, 6.45) is 12.2.